The molecule has 0 spiro atoms. The van der Waals surface area contributed by atoms with Crippen LogP contribution in [0.1, 0.15) is 43.7 Å². The average molecular weight is 595 g/mol. The van der Waals surface area contributed by atoms with Gasteiger partial charge >= 0.3 is 0 Å². The lowest BCUT2D eigenvalue weighted by molar-refractivity contribution is 0.0442. The van der Waals surface area contributed by atoms with Crippen LogP contribution in [0, 0.1) is 35.1 Å². The molecule has 3 aliphatic carbocycles. The number of carbonyl (C=O) groups excluding carboxylic acids is 1. The van der Waals surface area contributed by atoms with Crippen LogP contribution in [0.25, 0.3) is 0 Å². The third-order valence-corrected chi connectivity index (χ3v) is 9.02. The highest BCUT2D eigenvalue weighted by Crippen LogP contribution is 2.53. The molecule has 0 bridgehead atoms. The summed E-state index contributed by atoms with van der Waals surface area (Å²) in [7, 11) is 0. The van der Waals surface area contributed by atoms with E-state index in [1.54, 1.807) is 0 Å². The van der Waals surface area contributed by atoms with Crippen LogP contribution in [0.3, 0.4) is 0 Å². The van der Waals surface area contributed by atoms with Crippen LogP contribution in [0.15, 0.2) is 77.3 Å². The quantitative estimate of drug-likeness (QED) is 0.248. The van der Waals surface area contributed by atoms with Crippen LogP contribution in [0.4, 0.5) is 17.6 Å². The summed E-state index contributed by atoms with van der Waals surface area (Å²) in [6.07, 6.45) is 1.89. The summed E-state index contributed by atoms with van der Waals surface area (Å²) in [5.74, 6) is -3.93. The number of rotatable bonds is 2. The van der Waals surface area contributed by atoms with Crippen molar-refractivity contribution in [2.24, 2.45) is 11.8 Å². The lowest BCUT2D eigenvalue weighted by Crippen LogP contribution is -2.28. The number of hydrogen-bond donors (Lipinski definition) is 1. The van der Waals surface area contributed by atoms with E-state index < -0.39 is 28.9 Å². The lowest BCUT2D eigenvalue weighted by atomic mass is 9.86. The molecule has 0 fully saturated rings. The van der Waals surface area contributed by atoms with E-state index in [0.717, 1.165) is 33.3 Å². The molecule has 0 aromatic heterocycles. The van der Waals surface area contributed by atoms with E-state index in [2.05, 4.69) is 15.9 Å². The summed E-state index contributed by atoms with van der Waals surface area (Å²) < 4.78 is 55.1. The first kappa shape index (κ1) is 26.0. The molecule has 3 aliphatic rings. The minimum Gasteiger partial charge on any atom is -0.380 e. The van der Waals surface area contributed by atoms with Gasteiger partial charge in [-0.2, -0.15) is 0 Å². The normalized spacial score (nSPS) is 22.1. The fraction of sp³-hybridized carbons (Fsp3) is 0.219. The fourth-order valence-electron chi connectivity index (χ4n) is 6.36. The minimum atomic E-state index is -1.15. The molecule has 4 aromatic carbocycles. The van der Waals surface area contributed by atoms with E-state index in [0.29, 0.717) is 36.0 Å². The monoisotopic (exact) mass is 594 g/mol. The molecule has 3 atom stereocenters. The maximum absolute atomic E-state index is 13.9. The number of ketones is 1. The number of halogens is 5. The summed E-state index contributed by atoms with van der Waals surface area (Å²) >= 11 is 3.44. The second-order valence-corrected chi connectivity index (χ2v) is 11.2. The number of fused-ring (bicyclic) bond motifs is 6. The molecule has 1 N–H and O–H groups in total. The van der Waals surface area contributed by atoms with Crippen LogP contribution >= 0.6 is 15.9 Å². The second-order valence-electron chi connectivity index (χ2n) is 10.4. The van der Waals surface area contributed by atoms with E-state index in [1.165, 1.54) is 12.1 Å². The first-order chi connectivity index (χ1) is 18.7. The Balaban J connectivity index is 0.000000142. The Kier molecular flexibility index (Phi) is 6.47. The number of benzene rings is 4. The zero-order valence-electron chi connectivity index (χ0n) is 20.7. The molecule has 39 heavy (non-hydrogen) atoms. The van der Waals surface area contributed by atoms with Gasteiger partial charge in [-0.1, -0.05) is 64.5 Å². The Bertz CT molecular complexity index is 1630. The summed E-state index contributed by atoms with van der Waals surface area (Å²) in [5.41, 5.74) is 3.19. The number of carbonyl (C=O) groups is 1. The van der Waals surface area contributed by atoms with Crippen molar-refractivity contribution >= 4 is 21.7 Å². The summed E-state index contributed by atoms with van der Waals surface area (Å²) in [5, 5.41) is 11.1. The largest absolute Gasteiger partial charge is 0.380 e. The van der Waals surface area contributed by atoms with Gasteiger partial charge in [-0.25, -0.2) is 17.6 Å². The van der Waals surface area contributed by atoms with Gasteiger partial charge in [0.1, 0.15) is 5.60 Å². The van der Waals surface area contributed by atoms with Gasteiger partial charge in [0.25, 0.3) is 0 Å². The smallest absolute Gasteiger partial charge is 0.166 e. The van der Waals surface area contributed by atoms with Crippen molar-refractivity contribution in [3.8, 4) is 0 Å². The van der Waals surface area contributed by atoms with E-state index in [-0.39, 0.29) is 29.6 Å². The predicted octanol–water partition coefficient (Wildman–Crippen LogP) is 7.25. The zero-order chi connectivity index (χ0) is 27.5. The molecular formula is C32H23BrF4O2. The Morgan fingerprint density at radius 2 is 1.44 bits per heavy atom. The molecule has 0 radical (unpaired) electrons. The second kappa shape index (κ2) is 9.72. The summed E-state index contributed by atoms with van der Waals surface area (Å²) in [4.78, 5) is 12.3. The van der Waals surface area contributed by atoms with Gasteiger partial charge in [0.15, 0.2) is 29.1 Å². The van der Waals surface area contributed by atoms with Crippen molar-refractivity contribution in [2.45, 2.75) is 31.3 Å². The van der Waals surface area contributed by atoms with Gasteiger partial charge in [-0.3, -0.25) is 4.79 Å². The van der Waals surface area contributed by atoms with Gasteiger partial charge in [0, 0.05) is 27.4 Å². The Labute approximate surface area is 231 Å². The topological polar surface area (TPSA) is 37.3 Å². The predicted molar refractivity (Wildman–Crippen MR) is 142 cm³/mol. The lowest BCUT2D eigenvalue weighted by Gasteiger charge is -2.25. The van der Waals surface area contributed by atoms with Crippen LogP contribution in [-0.4, -0.2) is 10.9 Å². The molecule has 4 aromatic rings. The first-order valence-electron chi connectivity index (χ1n) is 12.7. The Morgan fingerprint density at radius 1 is 0.769 bits per heavy atom. The van der Waals surface area contributed by atoms with E-state index in [4.69, 9.17) is 0 Å². The molecule has 7 rings (SSSR count). The van der Waals surface area contributed by atoms with Gasteiger partial charge in [0.2, 0.25) is 0 Å². The zero-order valence-corrected chi connectivity index (χ0v) is 22.2. The molecule has 0 saturated carbocycles. The van der Waals surface area contributed by atoms with Crippen LogP contribution < -0.4 is 0 Å². The van der Waals surface area contributed by atoms with Crippen molar-refractivity contribution in [2.75, 3.05) is 0 Å². The molecule has 0 saturated heterocycles. The van der Waals surface area contributed by atoms with Gasteiger partial charge < -0.3 is 5.11 Å². The van der Waals surface area contributed by atoms with Gasteiger partial charge in [-0.15, -0.1) is 0 Å². The number of hydrogen-bond acceptors (Lipinski definition) is 2. The molecule has 7 heteroatoms. The number of Topliss-reactive ketones (excluding diaryl/α,β-unsaturated/α-hetero) is 1. The molecule has 0 aliphatic heterocycles. The summed E-state index contributed by atoms with van der Waals surface area (Å²) in [6.45, 7) is 0. The highest BCUT2D eigenvalue weighted by Gasteiger charge is 2.52. The standard InChI is InChI=1S/C16H11BrF2O.C16H12F2O/c17-13-4-2-1-3-9(13)7-10-8-12-11(16(10)20)5-6-14(18)15(12)19;17-14-6-5-13-11(15(14)18)8-10-7-9-3-1-2-4-12(9)16(10,13)19/h1-6,10H,7-8H2;1-6,10,19H,7-8H2. The molecular weight excluding hydrogens is 572 g/mol. The van der Waals surface area contributed by atoms with Crippen molar-refractivity contribution in [1.82, 2.24) is 0 Å². The fourth-order valence-corrected chi connectivity index (χ4v) is 6.81. The van der Waals surface area contributed by atoms with Gasteiger partial charge in [0.05, 0.1) is 0 Å². The molecule has 0 heterocycles. The maximum Gasteiger partial charge on any atom is 0.166 e. The summed E-state index contributed by atoms with van der Waals surface area (Å²) in [6, 6.07) is 20.3. The molecule has 3 unspecified atom stereocenters. The average Bonchev–Trinajstić information content (AvgIpc) is 3.51. The molecule has 2 nitrogen and oxygen atoms in total. The highest BCUT2D eigenvalue weighted by atomic mass is 79.9. The Morgan fingerprint density at radius 3 is 2.21 bits per heavy atom. The van der Waals surface area contributed by atoms with Crippen LogP contribution in [-0.2, 0) is 31.3 Å². The first-order valence-corrected chi connectivity index (χ1v) is 13.5. The molecule has 0 amide bonds. The van der Waals surface area contributed by atoms with Crippen LogP contribution in [0.2, 0.25) is 0 Å². The third-order valence-electron chi connectivity index (χ3n) is 8.25. The van der Waals surface area contributed by atoms with E-state index >= 15 is 0 Å². The van der Waals surface area contributed by atoms with Crippen molar-refractivity contribution < 1.29 is 27.5 Å². The number of aliphatic hydroxyl groups is 1. The van der Waals surface area contributed by atoms with Crippen molar-refractivity contribution in [3.05, 3.63) is 139 Å². The minimum absolute atomic E-state index is 0.0869. The van der Waals surface area contributed by atoms with Gasteiger partial charge in [-0.05, 0) is 77.8 Å². The SMILES string of the molecule is O=C1c2ccc(F)c(F)c2CC1Cc1ccccc1Br.OC12c3ccccc3CC1Cc1c2ccc(F)c1F. The highest BCUT2D eigenvalue weighted by molar-refractivity contribution is 9.10. The third kappa shape index (κ3) is 4.14. The maximum atomic E-state index is 13.9. The van der Waals surface area contributed by atoms with Crippen molar-refractivity contribution in [3.63, 3.8) is 0 Å². The van der Waals surface area contributed by atoms with E-state index in [1.807, 2.05) is 48.5 Å². The Hall–Kier alpha value is -3.29. The molecule has 198 valence electrons. The van der Waals surface area contributed by atoms with E-state index in [9.17, 15) is 27.5 Å². The van der Waals surface area contributed by atoms with Crippen molar-refractivity contribution in [1.29, 1.82) is 0 Å². The van der Waals surface area contributed by atoms with Crippen LogP contribution in [0.5, 0.6) is 0 Å².